The van der Waals surface area contributed by atoms with E-state index in [1.807, 2.05) is 77.5 Å². The standard InChI is InChI=1S/C20H14ClN5OS.C19H15ClN4OS/c21-16-11-28-20-18(16)19(25-12-26-20)24-8-5-13-1-3-15(4-2-13)27-17-9-14(10-22)6-7-23-17;20-15-11-26-19-17(15)18(23-12-24-19)22-10-8-13-4-6-14(7-5-13)25-16-3-1-2-9-21-16/h1-4,6-7,9,11-12H,5,8H2,(H,24,25,26);1-7,9,11-12H,8,10H2,(H,22,23,24). The van der Waals surface area contributed by atoms with Crippen molar-refractivity contribution in [1.82, 2.24) is 29.9 Å². The molecule has 0 atom stereocenters. The Bertz CT molecular complexity index is 2510. The minimum Gasteiger partial charge on any atom is -0.439 e. The molecule has 0 aliphatic heterocycles. The Balaban J connectivity index is 0.000000167. The molecule has 0 radical (unpaired) electrons. The number of benzene rings is 2. The third kappa shape index (κ3) is 9.35. The van der Waals surface area contributed by atoms with Gasteiger partial charge in [-0.05, 0) is 60.4 Å². The third-order valence-electron chi connectivity index (χ3n) is 7.86. The second kappa shape index (κ2) is 17.7. The molecule has 268 valence electrons. The van der Waals surface area contributed by atoms with E-state index in [4.69, 9.17) is 37.9 Å². The number of thiophene rings is 2. The van der Waals surface area contributed by atoms with E-state index in [1.54, 1.807) is 37.2 Å². The Morgan fingerprint density at radius 2 is 1.15 bits per heavy atom. The van der Waals surface area contributed by atoms with E-state index in [0.717, 1.165) is 62.8 Å². The first-order valence-corrected chi connectivity index (χ1v) is 19.1. The van der Waals surface area contributed by atoms with Crippen LogP contribution < -0.4 is 20.1 Å². The number of ether oxygens (including phenoxy) is 2. The molecule has 0 unspecified atom stereocenters. The molecular weight excluding hydrogens is 762 g/mol. The first-order chi connectivity index (χ1) is 26.5. The predicted octanol–water partition coefficient (Wildman–Crippen LogP) is 10.2. The highest BCUT2D eigenvalue weighted by Gasteiger charge is 2.11. The minimum atomic E-state index is 0.397. The number of anilines is 2. The van der Waals surface area contributed by atoms with Gasteiger partial charge < -0.3 is 20.1 Å². The van der Waals surface area contributed by atoms with Crippen LogP contribution in [-0.2, 0) is 12.8 Å². The van der Waals surface area contributed by atoms with Crippen LogP contribution in [0.5, 0.6) is 23.3 Å². The van der Waals surface area contributed by atoms with Crippen LogP contribution in [-0.4, -0.2) is 43.0 Å². The lowest BCUT2D eigenvalue weighted by molar-refractivity contribution is 0.462. The van der Waals surface area contributed by atoms with Crippen molar-refractivity contribution in [2.45, 2.75) is 12.8 Å². The highest BCUT2D eigenvalue weighted by molar-refractivity contribution is 7.17. The number of halogens is 2. The van der Waals surface area contributed by atoms with E-state index in [2.05, 4.69) is 46.6 Å². The average Bonchev–Trinajstić information content (AvgIpc) is 3.79. The fourth-order valence-corrected chi connectivity index (χ4v) is 7.50. The maximum Gasteiger partial charge on any atom is 0.220 e. The number of hydrogen-bond donors (Lipinski definition) is 2. The quantitative estimate of drug-likeness (QED) is 0.122. The lowest BCUT2D eigenvalue weighted by atomic mass is 10.1. The second-order valence-corrected chi connectivity index (χ2v) is 14.0. The van der Waals surface area contributed by atoms with Gasteiger partial charge in [0.25, 0.3) is 0 Å². The number of nitrogens with one attached hydrogen (secondary N) is 2. The van der Waals surface area contributed by atoms with Crippen LogP contribution in [0.15, 0.2) is 115 Å². The summed E-state index contributed by atoms with van der Waals surface area (Å²) in [6.45, 7) is 1.46. The molecule has 54 heavy (non-hydrogen) atoms. The third-order valence-corrected chi connectivity index (χ3v) is 10.5. The van der Waals surface area contributed by atoms with Gasteiger partial charge in [0.2, 0.25) is 11.8 Å². The molecule has 0 amide bonds. The van der Waals surface area contributed by atoms with Crippen molar-refractivity contribution in [3.05, 3.63) is 141 Å². The summed E-state index contributed by atoms with van der Waals surface area (Å²) < 4.78 is 11.4. The van der Waals surface area contributed by atoms with Crippen LogP contribution in [0, 0.1) is 11.3 Å². The molecule has 2 aromatic carbocycles. The van der Waals surface area contributed by atoms with Gasteiger partial charge in [0.1, 0.15) is 45.5 Å². The fraction of sp³-hybridized carbons (Fsp3) is 0.103. The number of fused-ring (bicyclic) bond motifs is 2. The molecule has 0 saturated carbocycles. The predicted molar refractivity (Wildman–Crippen MR) is 215 cm³/mol. The summed E-state index contributed by atoms with van der Waals surface area (Å²) in [4.78, 5) is 27.1. The van der Waals surface area contributed by atoms with Gasteiger partial charge in [-0.15, -0.1) is 22.7 Å². The van der Waals surface area contributed by atoms with Gasteiger partial charge in [0, 0.05) is 48.4 Å². The van der Waals surface area contributed by atoms with Crippen molar-refractivity contribution in [2.24, 2.45) is 0 Å². The molecule has 8 aromatic rings. The molecule has 2 N–H and O–H groups in total. The second-order valence-electron chi connectivity index (χ2n) is 11.5. The number of hydrogen-bond acceptors (Lipinski definition) is 13. The monoisotopic (exact) mass is 789 g/mol. The first-order valence-electron chi connectivity index (χ1n) is 16.6. The molecule has 0 bridgehead atoms. The fourth-order valence-electron chi connectivity index (χ4n) is 5.23. The van der Waals surface area contributed by atoms with E-state index in [0.29, 0.717) is 39.7 Å². The molecular formula is C39H29Cl2N9O2S2. The summed E-state index contributed by atoms with van der Waals surface area (Å²) >= 11 is 15.5. The average molecular weight is 791 g/mol. The lowest BCUT2D eigenvalue weighted by Gasteiger charge is -2.08. The van der Waals surface area contributed by atoms with Crippen LogP contribution in [0.2, 0.25) is 10.0 Å². The molecule has 0 fully saturated rings. The summed E-state index contributed by atoms with van der Waals surface area (Å²) in [6, 6.07) is 26.7. The van der Waals surface area contributed by atoms with Gasteiger partial charge in [0.05, 0.1) is 32.5 Å². The van der Waals surface area contributed by atoms with Crippen LogP contribution in [0.25, 0.3) is 20.4 Å². The zero-order valence-corrected chi connectivity index (χ0v) is 31.5. The number of aromatic nitrogens is 6. The van der Waals surface area contributed by atoms with Crippen LogP contribution in [0.3, 0.4) is 0 Å². The van der Waals surface area contributed by atoms with Crippen molar-refractivity contribution in [2.75, 3.05) is 23.7 Å². The highest BCUT2D eigenvalue weighted by Crippen LogP contribution is 2.34. The summed E-state index contributed by atoms with van der Waals surface area (Å²) in [5.74, 6) is 3.94. The topological polar surface area (TPSA) is 144 Å². The van der Waals surface area contributed by atoms with Gasteiger partial charge in [-0.1, -0.05) is 53.5 Å². The van der Waals surface area contributed by atoms with Crippen molar-refractivity contribution in [3.63, 3.8) is 0 Å². The number of rotatable bonds is 12. The SMILES string of the molecule is Clc1csc2ncnc(NCCc3ccc(Oc4ccccn4)cc3)c12.N#Cc1ccnc(Oc2ccc(CCNc3ncnc4scc(Cl)c34)cc2)c1. The van der Waals surface area contributed by atoms with Gasteiger partial charge in [-0.2, -0.15) is 5.26 Å². The molecule has 6 heterocycles. The Hall–Kier alpha value is -5.91. The molecule has 8 rings (SSSR count). The maximum absolute atomic E-state index is 8.94. The Morgan fingerprint density at radius 3 is 1.67 bits per heavy atom. The summed E-state index contributed by atoms with van der Waals surface area (Å²) in [6.07, 6.45) is 8.03. The van der Waals surface area contributed by atoms with E-state index in [9.17, 15) is 0 Å². The molecule has 11 nitrogen and oxygen atoms in total. The summed E-state index contributed by atoms with van der Waals surface area (Å²) in [5.41, 5.74) is 2.87. The van der Waals surface area contributed by atoms with E-state index < -0.39 is 0 Å². The zero-order chi connectivity index (χ0) is 37.1. The Labute approximate surface area is 328 Å². The van der Waals surface area contributed by atoms with Crippen molar-refractivity contribution in [1.29, 1.82) is 5.26 Å². The van der Waals surface area contributed by atoms with Crippen LogP contribution in [0.1, 0.15) is 16.7 Å². The maximum atomic E-state index is 8.94. The van der Waals surface area contributed by atoms with E-state index in [1.165, 1.54) is 28.2 Å². The van der Waals surface area contributed by atoms with E-state index >= 15 is 0 Å². The molecule has 0 aliphatic carbocycles. The van der Waals surface area contributed by atoms with Gasteiger partial charge >= 0.3 is 0 Å². The largest absolute Gasteiger partial charge is 0.439 e. The summed E-state index contributed by atoms with van der Waals surface area (Å²) in [7, 11) is 0. The van der Waals surface area contributed by atoms with Crippen LogP contribution in [0.4, 0.5) is 11.6 Å². The van der Waals surface area contributed by atoms with E-state index in [-0.39, 0.29) is 0 Å². The lowest BCUT2D eigenvalue weighted by Crippen LogP contribution is -2.06. The van der Waals surface area contributed by atoms with Crippen molar-refractivity contribution < 1.29 is 9.47 Å². The smallest absolute Gasteiger partial charge is 0.220 e. The molecule has 0 spiro atoms. The number of nitriles is 1. The van der Waals surface area contributed by atoms with Crippen molar-refractivity contribution in [3.8, 4) is 29.3 Å². The number of nitrogens with zero attached hydrogens (tertiary/aromatic N) is 7. The van der Waals surface area contributed by atoms with Gasteiger partial charge in [-0.25, -0.2) is 29.9 Å². The Morgan fingerprint density at radius 1 is 0.611 bits per heavy atom. The number of pyridine rings is 2. The highest BCUT2D eigenvalue weighted by atomic mass is 35.5. The summed E-state index contributed by atoms with van der Waals surface area (Å²) in [5, 5.41) is 22.5. The molecule has 0 aliphatic rings. The first kappa shape index (κ1) is 36.4. The van der Waals surface area contributed by atoms with Crippen molar-refractivity contribution >= 4 is 77.9 Å². The minimum absolute atomic E-state index is 0.397. The zero-order valence-electron chi connectivity index (χ0n) is 28.3. The molecule has 15 heteroatoms. The van der Waals surface area contributed by atoms with Gasteiger partial charge in [-0.3, -0.25) is 0 Å². The Kier molecular flexibility index (Phi) is 12.0. The van der Waals surface area contributed by atoms with Gasteiger partial charge in [0.15, 0.2) is 0 Å². The molecule has 6 aromatic heterocycles. The van der Waals surface area contributed by atoms with Crippen LogP contribution >= 0.6 is 45.9 Å². The normalized spacial score (nSPS) is 10.7. The molecule has 0 saturated heterocycles.